The third kappa shape index (κ3) is 2.60. The number of carbonyl (C=O) groups is 1. The van der Waals surface area contributed by atoms with E-state index in [2.05, 4.69) is 4.94 Å². The molecule has 0 radical (unpaired) electrons. The summed E-state index contributed by atoms with van der Waals surface area (Å²) < 4.78 is 12.0. The monoisotopic (exact) mass is 224 g/mol. The average molecular weight is 224 g/mol. The molecule has 0 aliphatic heterocycles. The molecule has 1 unspecified atom stereocenters. The molecule has 0 fully saturated rings. The van der Waals surface area contributed by atoms with Crippen molar-refractivity contribution >= 4 is 5.97 Å². The van der Waals surface area contributed by atoms with E-state index in [4.69, 9.17) is 0 Å². The zero-order valence-electron chi connectivity index (χ0n) is 9.87. The number of benzene rings is 1. The maximum atomic E-state index is 12.0. The van der Waals surface area contributed by atoms with Crippen LogP contribution < -0.4 is 0 Å². The van der Waals surface area contributed by atoms with Crippen LogP contribution in [0.2, 0.25) is 0 Å². The summed E-state index contributed by atoms with van der Waals surface area (Å²) in [7, 11) is 0. The van der Waals surface area contributed by atoms with Gasteiger partial charge in [0, 0.05) is 4.53 Å². The first kappa shape index (κ1) is 12.7. The molecule has 0 aliphatic rings. The van der Waals surface area contributed by atoms with Crippen LogP contribution in [0.15, 0.2) is 24.3 Å². The molecule has 0 heterocycles. The van der Waals surface area contributed by atoms with E-state index in [0.29, 0.717) is 12.3 Å². The van der Waals surface area contributed by atoms with Gasteiger partial charge in [0.05, 0.1) is 5.92 Å². The van der Waals surface area contributed by atoms with E-state index in [1.54, 1.807) is 0 Å². The molecule has 1 aromatic carbocycles. The highest BCUT2D eigenvalue weighted by Crippen LogP contribution is 2.29. The van der Waals surface area contributed by atoms with Gasteiger partial charge in [0.2, 0.25) is 0 Å². The molecule has 0 amide bonds. The largest absolute Gasteiger partial charge is 0.356 e. The van der Waals surface area contributed by atoms with E-state index >= 15 is 0 Å². The van der Waals surface area contributed by atoms with Crippen LogP contribution in [0.25, 0.3) is 0 Å². The van der Waals surface area contributed by atoms with Crippen LogP contribution in [0.4, 0.5) is 4.53 Å². The Morgan fingerprint density at radius 1 is 1.31 bits per heavy atom. The highest BCUT2D eigenvalue weighted by molar-refractivity contribution is 5.78. The molecule has 0 saturated carbocycles. The summed E-state index contributed by atoms with van der Waals surface area (Å²) in [5, 5.41) is 0. The topological polar surface area (TPSA) is 26.3 Å². The second-order valence-electron chi connectivity index (χ2n) is 4.14. The maximum Gasteiger partial charge on any atom is 0.356 e. The van der Waals surface area contributed by atoms with Gasteiger partial charge >= 0.3 is 5.97 Å². The highest BCUT2D eigenvalue weighted by Gasteiger charge is 2.24. The summed E-state index contributed by atoms with van der Waals surface area (Å²) in [4.78, 5) is 14.7. The fourth-order valence-corrected chi connectivity index (χ4v) is 1.92. The van der Waals surface area contributed by atoms with E-state index in [9.17, 15) is 9.32 Å². The lowest BCUT2D eigenvalue weighted by molar-refractivity contribution is -0.185. The van der Waals surface area contributed by atoms with Crippen molar-refractivity contribution in [2.75, 3.05) is 0 Å². The SMILES string of the molecule is CCC(C(=O)OF)c1ccccc1C(C)C. The van der Waals surface area contributed by atoms with Crippen molar-refractivity contribution in [3.63, 3.8) is 0 Å². The van der Waals surface area contributed by atoms with Crippen molar-refractivity contribution in [2.24, 2.45) is 0 Å². The Morgan fingerprint density at radius 3 is 2.31 bits per heavy atom. The summed E-state index contributed by atoms with van der Waals surface area (Å²) in [5.41, 5.74) is 1.93. The minimum Gasteiger partial charge on any atom is -0.254 e. The van der Waals surface area contributed by atoms with Gasteiger partial charge in [0.1, 0.15) is 0 Å². The highest BCUT2D eigenvalue weighted by atomic mass is 19.3. The number of carbonyl (C=O) groups excluding carboxylic acids is 1. The molecule has 0 saturated heterocycles. The molecule has 3 heteroatoms. The van der Waals surface area contributed by atoms with E-state index < -0.39 is 11.9 Å². The fraction of sp³-hybridized carbons (Fsp3) is 0.462. The first-order chi connectivity index (χ1) is 7.61. The first-order valence-corrected chi connectivity index (χ1v) is 5.53. The van der Waals surface area contributed by atoms with Gasteiger partial charge in [-0.25, -0.2) is 4.79 Å². The van der Waals surface area contributed by atoms with Crippen molar-refractivity contribution in [3.05, 3.63) is 35.4 Å². The predicted octanol–water partition coefficient (Wildman–Crippen LogP) is 3.73. The number of hydrogen-bond donors (Lipinski definition) is 0. The van der Waals surface area contributed by atoms with Crippen LogP contribution in [0.3, 0.4) is 0 Å². The lowest BCUT2D eigenvalue weighted by atomic mass is 9.87. The van der Waals surface area contributed by atoms with E-state index in [-0.39, 0.29) is 0 Å². The van der Waals surface area contributed by atoms with Gasteiger partial charge in [-0.2, -0.15) is 0 Å². The molecule has 1 aromatic rings. The molecule has 16 heavy (non-hydrogen) atoms. The van der Waals surface area contributed by atoms with Gasteiger partial charge in [-0.05, 0) is 23.5 Å². The molecule has 0 bridgehead atoms. The van der Waals surface area contributed by atoms with Crippen LogP contribution in [-0.4, -0.2) is 5.97 Å². The van der Waals surface area contributed by atoms with Gasteiger partial charge in [-0.15, -0.1) is 0 Å². The zero-order valence-corrected chi connectivity index (χ0v) is 9.87. The van der Waals surface area contributed by atoms with Crippen LogP contribution in [0, 0.1) is 0 Å². The van der Waals surface area contributed by atoms with Crippen LogP contribution in [-0.2, 0) is 9.74 Å². The minimum absolute atomic E-state index is 0.303. The molecule has 88 valence electrons. The predicted molar refractivity (Wildman–Crippen MR) is 60.8 cm³/mol. The number of hydrogen-bond acceptors (Lipinski definition) is 2. The zero-order chi connectivity index (χ0) is 12.1. The molecule has 0 N–H and O–H groups in total. The molecule has 1 atom stereocenters. The summed E-state index contributed by atoms with van der Waals surface area (Å²) in [6.07, 6.45) is 0.534. The van der Waals surface area contributed by atoms with E-state index in [1.165, 1.54) is 0 Å². The van der Waals surface area contributed by atoms with Gasteiger partial charge < -0.3 is 0 Å². The smallest absolute Gasteiger partial charge is 0.254 e. The summed E-state index contributed by atoms with van der Waals surface area (Å²) in [5.74, 6) is -1.02. The average Bonchev–Trinajstić information content (AvgIpc) is 2.30. The Labute approximate surface area is 95.3 Å². The Kier molecular flexibility index (Phi) is 4.47. The van der Waals surface area contributed by atoms with Crippen molar-refractivity contribution in [3.8, 4) is 0 Å². The number of halogens is 1. The minimum atomic E-state index is -0.810. The van der Waals surface area contributed by atoms with Gasteiger partial charge in [-0.1, -0.05) is 45.0 Å². The van der Waals surface area contributed by atoms with Crippen LogP contribution >= 0.6 is 0 Å². The van der Waals surface area contributed by atoms with E-state index in [1.807, 2.05) is 45.0 Å². The Balaban J connectivity index is 3.14. The lowest BCUT2D eigenvalue weighted by Crippen LogP contribution is -2.14. The Morgan fingerprint density at radius 2 is 1.88 bits per heavy atom. The van der Waals surface area contributed by atoms with Gasteiger partial charge in [0.15, 0.2) is 0 Å². The van der Waals surface area contributed by atoms with Crippen molar-refractivity contribution in [2.45, 2.75) is 39.0 Å². The summed E-state index contributed by atoms with van der Waals surface area (Å²) >= 11 is 0. The van der Waals surface area contributed by atoms with E-state index in [0.717, 1.165) is 11.1 Å². The molecule has 1 rings (SSSR count). The molecular weight excluding hydrogens is 207 g/mol. The maximum absolute atomic E-state index is 12.0. The van der Waals surface area contributed by atoms with Crippen molar-refractivity contribution in [1.29, 1.82) is 0 Å². The molecule has 0 spiro atoms. The quantitative estimate of drug-likeness (QED) is 0.778. The second kappa shape index (κ2) is 5.64. The molecule has 0 aromatic heterocycles. The van der Waals surface area contributed by atoms with Crippen LogP contribution in [0.5, 0.6) is 0 Å². The third-order valence-electron chi connectivity index (χ3n) is 2.76. The van der Waals surface area contributed by atoms with Crippen molar-refractivity contribution in [1.82, 2.24) is 0 Å². The summed E-state index contributed by atoms with van der Waals surface area (Å²) in [6.45, 7) is 5.94. The molecular formula is C13H17FO2. The Hall–Kier alpha value is -1.38. The van der Waals surface area contributed by atoms with Crippen LogP contribution in [0.1, 0.15) is 50.2 Å². The van der Waals surface area contributed by atoms with Gasteiger partial charge in [0.25, 0.3) is 0 Å². The molecule has 2 nitrogen and oxygen atoms in total. The van der Waals surface area contributed by atoms with Gasteiger partial charge in [-0.3, -0.25) is 4.94 Å². The van der Waals surface area contributed by atoms with Crippen molar-refractivity contribution < 1.29 is 14.3 Å². The Bertz CT molecular complexity index is 361. The first-order valence-electron chi connectivity index (χ1n) is 5.53. The fourth-order valence-electron chi connectivity index (χ4n) is 1.92. The summed E-state index contributed by atoms with van der Waals surface area (Å²) in [6, 6.07) is 7.61. The molecule has 0 aliphatic carbocycles. The standard InChI is InChI=1S/C13H17FO2/c1-4-10(13(15)16-14)12-8-6-5-7-11(12)9(2)3/h5-10H,4H2,1-3H3. The lowest BCUT2D eigenvalue weighted by Gasteiger charge is -2.17. The normalized spacial score (nSPS) is 12.6. The second-order valence-corrected chi connectivity index (χ2v) is 4.14. The number of rotatable bonds is 4. The third-order valence-corrected chi connectivity index (χ3v) is 2.76.